The van der Waals surface area contributed by atoms with Crippen LogP contribution in [0.3, 0.4) is 0 Å². The lowest BCUT2D eigenvalue weighted by Gasteiger charge is -2.35. The normalized spacial score (nSPS) is 21.9. The van der Waals surface area contributed by atoms with Gasteiger partial charge in [-0.1, -0.05) is 30.3 Å². The number of sulfonamides is 1. The van der Waals surface area contributed by atoms with E-state index in [1.165, 1.54) is 5.56 Å². The zero-order valence-corrected chi connectivity index (χ0v) is 23.8. The van der Waals surface area contributed by atoms with Gasteiger partial charge in [0, 0.05) is 43.3 Å². The minimum atomic E-state index is -3.29. The number of morpholine rings is 1. The number of rotatable bonds is 9. The Morgan fingerprint density at radius 3 is 2.41 bits per heavy atom. The first-order chi connectivity index (χ1) is 18.7. The summed E-state index contributed by atoms with van der Waals surface area (Å²) in [5, 5.41) is 1.09. The first kappa shape index (κ1) is 27.8. The molecule has 0 radical (unpaired) electrons. The third-order valence-corrected chi connectivity index (χ3v) is 9.99. The van der Waals surface area contributed by atoms with Crippen molar-refractivity contribution in [1.29, 1.82) is 0 Å². The predicted octanol–water partition coefficient (Wildman–Crippen LogP) is 3.87. The lowest BCUT2D eigenvalue weighted by atomic mass is 9.88. The number of hydrogen-bond donors (Lipinski definition) is 2. The first-order valence-corrected chi connectivity index (χ1v) is 15.6. The predicted molar refractivity (Wildman–Crippen MR) is 155 cm³/mol. The molecule has 3 aromatic rings. The van der Waals surface area contributed by atoms with Gasteiger partial charge in [0.25, 0.3) is 0 Å². The van der Waals surface area contributed by atoms with E-state index in [4.69, 9.17) is 10.5 Å². The van der Waals surface area contributed by atoms with Crippen molar-refractivity contribution in [2.45, 2.75) is 57.7 Å². The van der Waals surface area contributed by atoms with E-state index in [0.29, 0.717) is 19.5 Å². The van der Waals surface area contributed by atoms with Crippen molar-refractivity contribution in [3.05, 3.63) is 59.8 Å². The first-order valence-electron chi connectivity index (χ1n) is 14.0. The van der Waals surface area contributed by atoms with Gasteiger partial charge in [-0.2, -0.15) is 0 Å². The number of aromatic amines is 1. The highest BCUT2D eigenvalue weighted by molar-refractivity contribution is 7.89. The Bertz CT molecular complexity index is 1390. The monoisotopic (exact) mass is 552 g/mol. The Hall–Kier alpha value is -2.72. The summed E-state index contributed by atoms with van der Waals surface area (Å²) in [5.41, 5.74) is 10.7. The summed E-state index contributed by atoms with van der Waals surface area (Å²) in [5.74, 6) is 0.0599. The number of aromatic nitrogens is 1. The largest absolute Gasteiger partial charge is 0.373 e. The van der Waals surface area contributed by atoms with Gasteiger partial charge in [0.05, 0.1) is 24.4 Å². The summed E-state index contributed by atoms with van der Waals surface area (Å²) in [4.78, 5) is 17.5. The highest BCUT2D eigenvalue weighted by atomic mass is 32.2. The van der Waals surface area contributed by atoms with Gasteiger partial charge in [-0.15, -0.1) is 0 Å². The molecule has 1 amide bonds. The number of nitrogens with one attached hydrogen (secondary N) is 1. The topological polar surface area (TPSA) is 109 Å². The molecule has 2 saturated heterocycles. The van der Waals surface area contributed by atoms with Crippen LogP contribution >= 0.6 is 0 Å². The highest BCUT2D eigenvalue weighted by Crippen LogP contribution is 2.37. The number of primary amides is 1. The minimum Gasteiger partial charge on any atom is -0.373 e. The number of nitrogens with zero attached hydrogens (tertiary/aromatic N) is 2. The van der Waals surface area contributed by atoms with E-state index in [2.05, 4.69) is 41.9 Å². The smallest absolute Gasteiger partial charge is 0.221 e. The van der Waals surface area contributed by atoms with Crippen LogP contribution in [0.15, 0.2) is 48.7 Å². The fourth-order valence-corrected chi connectivity index (χ4v) is 7.82. The summed E-state index contributed by atoms with van der Waals surface area (Å²) in [6.07, 6.45) is 4.74. The molecule has 5 rings (SSSR count). The van der Waals surface area contributed by atoms with E-state index < -0.39 is 10.0 Å². The van der Waals surface area contributed by atoms with Crippen LogP contribution in [-0.2, 0) is 26.0 Å². The Morgan fingerprint density at radius 1 is 1.05 bits per heavy atom. The Morgan fingerprint density at radius 2 is 1.74 bits per heavy atom. The Labute approximate surface area is 231 Å². The third-order valence-electron chi connectivity index (χ3n) is 8.03. The van der Waals surface area contributed by atoms with Crippen molar-refractivity contribution in [3.63, 3.8) is 0 Å². The number of carbonyl (C=O) groups is 1. The average Bonchev–Trinajstić information content (AvgIpc) is 3.33. The summed E-state index contributed by atoms with van der Waals surface area (Å²) >= 11 is 0. The second kappa shape index (κ2) is 11.8. The van der Waals surface area contributed by atoms with Crippen LogP contribution in [0.4, 0.5) is 0 Å². The molecule has 9 heteroatoms. The summed E-state index contributed by atoms with van der Waals surface area (Å²) < 4.78 is 33.8. The fourth-order valence-electron chi connectivity index (χ4n) is 6.30. The van der Waals surface area contributed by atoms with E-state index in [-0.39, 0.29) is 36.2 Å². The molecule has 3 N–H and O–H groups in total. The quantitative estimate of drug-likeness (QED) is 0.419. The molecular formula is C30H40N4O4S. The van der Waals surface area contributed by atoms with Crippen molar-refractivity contribution < 1.29 is 17.9 Å². The van der Waals surface area contributed by atoms with Crippen molar-refractivity contribution in [2.75, 3.05) is 38.5 Å². The number of H-pyrrole nitrogens is 1. The van der Waals surface area contributed by atoms with Crippen molar-refractivity contribution in [3.8, 4) is 11.1 Å². The molecule has 0 saturated carbocycles. The fraction of sp³-hybridized carbons (Fsp3) is 0.500. The summed E-state index contributed by atoms with van der Waals surface area (Å²) in [6.45, 7) is 7.67. The van der Waals surface area contributed by atoms with Crippen LogP contribution in [0, 0.1) is 0 Å². The number of carbonyl (C=O) groups excluding carboxylic acids is 1. The number of amides is 1. The van der Waals surface area contributed by atoms with E-state index in [1.807, 2.05) is 30.5 Å². The third kappa shape index (κ3) is 6.54. The van der Waals surface area contributed by atoms with E-state index in [9.17, 15) is 13.2 Å². The lowest BCUT2D eigenvalue weighted by Crippen LogP contribution is -2.46. The molecule has 2 aromatic carbocycles. The van der Waals surface area contributed by atoms with Crippen LogP contribution < -0.4 is 5.73 Å². The highest BCUT2D eigenvalue weighted by Gasteiger charge is 2.30. The SMILES string of the molecule is CC1CN(CCCS(=O)(=O)N2CCC(c3c[nH]c4c(CC(N)=O)cc(-c5ccccc5)cc34)CC2)CC(C)O1. The maximum atomic E-state index is 13.1. The van der Waals surface area contributed by atoms with Crippen molar-refractivity contribution in [1.82, 2.24) is 14.2 Å². The van der Waals surface area contributed by atoms with Gasteiger partial charge in [-0.3, -0.25) is 9.69 Å². The standard InChI is InChI=1S/C30H40N4O4S/c1-21-19-33(20-22(2)38-21)11-6-14-39(36,37)34-12-9-24(10-13-34)28-18-32-30-26(17-29(31)35)15-25(16-27(28)30)23-7-4-3-5-8-23/h3-5,7-8,15-16,18,21-22,24,32H,6,9-14,17,19-20H2,1-2H3,(H2,31,35). The molecule has 210 valence electrons. The number of piperidine rings is 1. The zero-order valence-electron chi connectivity index (χ0n) is 22.9. The van der Waals surface area contributed by atoms with Gasteiger partial charge in [-0.25, -0.2) is 12.7 Å². The second-order valence-electron chi connectivity index (χ2n) is 11.2. The molecule has 0 spiro atoms. The maximum Gasteiger partial charge on any atom is 0.221 e. The van der Waals surface area contributed by atoms with Gasteiger partial charge in [0.1, 0.15) is 0 Å². The minimum absolute atomic E-state index is 0.163. The maximum absolute atomic E-state index is 13.1. The molecule has 8 nitrogen and oxygen atoms in total. The number of fused-ring (bicyclic) bond motifs is 1. The van der Waals surface area contributed by atoms with E-state index in [1.54, 1.807) is 4.31 Å². The average molecular weight is 553 g/mol. The van der Waals surface area contributed by atoms with Crippen LogP contribution in [-0.4, -0.2) is 79.2 Å². The molecule has 2 unspecified atom stereocenters. The van der Waals surface area contributed by atoms with E-state index in [0.717, 1.165) is 60.1 Å². The molecule has 0 bridgehead atoms. The van der Waals surface area contributed by atoms with Crippen LogP contribution in [0.1, 0.15) is 50.2 Å². The molecule has 39 heavy (non-hydrogen) atoms. The van der Waals surface area contributed by atoms with E-state index >= 15 is 0 Å². The van der Waals surface area contributed by atoms with Gasteiger partial charge in [0.15, 0.2) is 0 Å². The Balaban J connectivity index is 1.26. The van der Waals surface area contributed by atoms with Gasteiger partial charge >= 0.3 is 0 Å². The number of benzene rings is 2. The van der Waals surface area contributed by atoms with Crippen LogP contribution in [0.2, 0.25) is 0 Å². The van der Waals surface area contributed by atoms with Gasteiger partial charge in [-0.05, 0) is 80.0 Å². The zero-order chi connectivity index (χ0) is 27.6. The molecule has 2 aliphatic heterocycles. The van der Waals surface area contributed by atoms with Crippen LogP contribution in [0.25, 0.3) is 22.0 Å². The molecular weight excluding hydrogens is 512 g/mol. The molecule has 1 aromatic heterocycles. The van der Waals surface area contributed by atoms with Crippen molar-refractivity contribution in [2.24, 2.45) is 5.73 Å². The summed E-state index contributed by atoms with van der Waals surface area (Å²) in [7, 11) is -3.29. The molecule has 2 fully saturated rings. The number of ether oxygens (including phenoxy) is 1. The molecule has 2 aliphatic rings. The second-order valence-corrected chi connectivity index (χ2v) is 13.3. The Kier molecular flexibility index (Phi) is 8.42. The molecule has 3 heterocycles. The van der Waals surface area contributed by atoms with Gasteiger partial charge < -0.3 is 15.5 Å². The van der Waals surface area contributed by atoms with Crippen molar-refractivity contribution >= 4 is 26.8 Å². The molecule has 2 atom stereocenters. The van der Waals surface area contributed by atoms with Crippen LogP contribution in [0.5, 0.6) is 0 Å². The molecule has 0 aliphatic carbocycles. The summed E-state index contributed by atoms with van der Waals surface area (Å²) in [6, 6.07) is 14.3. The number of nitrogens with two attached hydrogens (primary N) is 1. The lowest BCUT2D eigenvalue weighted by molar-refractivity contribution is -0.117. The number of hydrogen-bond acceptors (Lipinski definition) is 5. The van der Waals surface area contributed by atoms with Gasteiger partial charge in [0.2, 0.25) is 15.9 Å².